The number of amides is 1. The van der Waals surface area contributed by atoms with Crippen LogP contribution in [-0.2, 0) is 11.2 Å². The van der Waals surface area contributed by atoms with E-state index in [1.54, 1.807) is 26.4 Å². The molecular formula is C22H26N2O3. The van der Waals surface area contributed by atoms with E-state index in [2.05, 4.69) is 41.4 Å². The number of ether oxygens (including phenoxy) is 2. The van der Waals surface area contributed by atoms with Gasteiger partial charge in [-0.05, 0) is 48.7 Å². The molecule has 5 heteroatoms. The summed E-state index contributed by atoms with van der Waals surface area (Å²) in [6.07, 6.45) is 4.37. The zero-order valence-corrected chi connectivity index (χ0v) is 16.1. The van der Waals surface area contributed by atoms with Crippen LogP contribution in [0.3, 0.4) is 0 Å². The number of hydrogen-bond donors (Lipinski definition) is 1. The first-order chi connectivity index (χ1) is 13.1. The lowest BCUT2D eigenvalue weighted by molar-refractivity contribution is -0.116. The SMILES string of the molecule is COc1ccc(C=CC(=O)NCCN2c3ccccc3CC2C)cc1OC. The predicted octanol–water partition coefficient (Wildman–Crippen LogP) is 3.28. The van der Waals surface area contributed by atoms with Crippen LogP contribution < -0.4 is 19.7 Å². The number of carbonyl (C=O) groups is 1. The number of fused-ring (bicyclic) bond motifs is 1. The van der Waals surface area contributed by atoms with E-state index in [0.717, 1.165) is 18.5 Å². The minimum atomic E-state index is -0.107. The molecule has 0 spiro atoms. The Bertz CT molecular complexity index is 832. The van der Waals surface area contributed by atoms with E-state index in [0.29, 0.717) is 24.1 Å². The van der Waals surface area contributed by atoms with Crippen LogP contribution in [0.25, 0.3) is 6.08 Å². The number of nitrogens with zero attached hydrogens (tertiary/aromatic N) is 1. The van der Waals surface area contributed by atoms with Gasteiger partial charge in [-0.2, -0.15) is 0 Å². The minimum Gasteiger partial charge on any atom is -0.493 e. The van der Waals surface area contributed by atoms with Gasteiger partial charge in [0.15, 0.2) is 11.5 Å². The van der Waals surface area contributed by atoms with Gasteiger partial charge in [0.2, 0.25) is 5.91 Å². The highest BCUT2D eigenvalue weighted by atomic mass is 16.5. The van der Waals surface area contributed by atoms with E-state index in [9.17, 15) is 4.79 Å². The van der Waals surface area contributed by atoms with Crippen molar-refractivity contribution in [3.8, 4) is 11.5 Å². The topological polar surface area (TPSA) is 50.8 Å². The molecule has 5 nitrogen and oxygen atoms in total. The van der Waals surface area contributed by atoms with E-state index >= 15 is 0 Å². The Hall–Kier alpha value is -2.95. The van der Waals surface area contributed by atoms with Gasteiger partial charge in [0.25, 0.3) is 0 Å². The molecule has 3 rings (SSSR count). The Kier molecular flexibility index (Phi) is 6.01. The second kappa shape index (κ2) is 8.62. The molecule has 0 saturated heterocycles. The Morgan fingerprint density at radius 1 is 1.19 bits per heavy atom. The van der Waals surface area contributed by atoms with Gasteiger partial charge >= 0.3 is 0 Å². The normalized spacial score (nSPS) is 15.7. The van der Waals surface area contributed by atoms with E-state index < -0.39 is 0 Å². The summed E-state index contributed by atoms with van der Waals surface area (Å²) >= 11 is 0. The number of carbonyl (C=O) groups excluding carboxylic acids is 1. The number of nitrogens with one attached hydrogen (secondary N) is 1. The van der Waals surface area contributed by atoms with Crippen molar-refractivity contribution in [2.75, 3.05) is 32.2 Å². The summed E-state index contributed by atoms with van der Waals surface area (Å²) in [4.78, 5) is 14.5. The summed E-state index contributed by atoms with van der Waals surface area (Å²) in [5, 5.41) is 2.96. The average molecular weight is 366 g/mol. The third-order valence-electron chi connectivity index (χ3n) is 4.84. The van der Waals surface area contributed by atoms with Gasteiger partial charge in [-0.3, -0.25) is 4.79 Å². The lowest BCUT2D eigenvalue weighted by atomic mass is 10.1. The van der Waals surface area contributed by atoms with E-state index in [1.807, 2.05) is 18.2 Å². The number of rotatable bonds is 7. The van der Waals surface area contributed by atoms with Crippen LogP contribution >= 0.6 is 0 Å². The van der Waals surface area contributed by atoms with Crippen molar-refractivity contribution < 1.29 is 14.3 Å². The van der Waals surface area contributed by atoms with E-state index in [1.165, 1.54) is 11.3 Å². The molecule has 0 fully saturated rings. The highest BCUT2D eigenvalue weighted by Gasteiger charge is 2.24. The van der Waals surface area contributed by atoms with Crippen molar-refractivity contribution in [1.29, 1.82) is 0 Å². The van der Waals surface area contributed by atoms with Gasteiger partial charge in [-0.25, -0.2) is 0 Å². The zero-order valence-electron chi connectivity index (χ0n) is 16.1. The molecule has 1 heterocycles. The quantitative estimate of drug-likeness (QED) is 0.764. The number of methoxy groups -OCH3 is 2. The molecule has 27 heavy (non-hydrogen) atoms. The van der Waals surface area contributed by atoms with Gasteiger partial charge in [-0.1, -0.05) is 24.3 Å². The predicted molar refractivity (Wildman–Crippen MR) is 109 cm³/mol. The second-order valence-electron chi connectivity index (χ2n) is 6.61. The van der Waals surface area contributed by atoms with Crippen LogP contribution in [0.5, 0.6) is 11.5 Å². The smallest absolute Gasteiger partial charge is 0.244 e. The van der Waals surface area contributed by atoms with Crippen LogP contribution in [0.15, 0.2) is 48.5 Å². The van der Waals surface area contributed by atoms with Gasteiger partial charge < -0.3 is 19.7 Å². The fourth-order valence-corrected chi connectivity index (χ4v) is 3.46. The Morgan fingerprint density at radius 3 is 2.74 bits per heavy atom. The number of para-hydroxylation sites is 1. The fraction of sp³-hybridized carbons (Fsp3) is 0.318. The largest absolute Gasteiger partial charge is 0.493 e. The summed E-state index contributed by atoms with van der Waals surface area (Å²) in [7, 11) is 3.19. The monoisotopic (exact) mass is 366 g/mol. The molecule has 0 bridgehead atoms. The highest BCUT2D eigenvalue weighted by molar-refractivity contribution is 5.91. The molecule has 1 aliphatic heterocycles. The van der Waals surface area contributed by atoms with Gasteiger partial charge in [0.1, 0.15) is 0 Å². The first-order valence-electron chi connectivity index (χ1n) is 9.15. The van der Waals surface area contributed by atoms with Crippen molar-refractivity contribution in [3.63, 3.8) is 0 Å². The summed E-state index contributed by atoms with van der Waals surface area (Å²) in [6, 6.07) is 14.5. The molecule has 2 aromatic carbocycles. The Labute approximate surface area is 160 Å². The van der Waals surface area contributed by atoms with Crippen LogP contribution in [0.4, 0.5) is 5.69 Å². The summed E-state index contributed by atoms with van der Waals surface area (Å²) in [6.45, 7) is 3.63. The Morgan fingerprint density at radius 2 is 1.96 bits per heavy atom. The van der Waals surface area contributed by atoms with Gasteiger partial charge in [0, 0.05) is 30.9 Å². The van der Waals surface area contributed by atoms with Crippen LogP contribution in [-0.4, -0.2) is 39.3 Å². The maximum Gasteiger partial charge on any atom is 0.244 e. The van der Waals surface area contributed by atoms with Gasteiger partial charge in [0.05, 0.1) is 14.2 Å². The molecule has 2 aromatic rings. The zero-order chi connectivity index (χ0) is 19.2. The minimum absolute atomic E-state index is 0.107. The molecule has 142 valence electrons. The molecule has 1 aliphatic rings. The summed E-state index contributed by atoms with van der Waals surface area (Å²) < 4.78 is 10.5. The van der Waals surface area contributed by atoms with Crippen LogP contribution in [0, 0.1) is 0 Å². The number of hydrogen-bond acceptors (Lipinski definition) is 4. The van der Waals surface area contributed by atoms with Crippen molar-refractivity contribution in [1.82, 2.24) is 5.32 Å². The van der Waals surface area contributed by atoms with Crippen molar-refractivity contribution in [3.05, 3.63) is 59.7 Å². The molecule has 1 unspecified atom stereocenters. The number of anilines is 1. The van der Waals surface area contributed by atoms with Crippen molar-refractivity contribution in [2.24, 2.45) is 0 Å². The molecule has 0 saturated carbocycles. The first-order valence-corrected chi connectivity index (χ1v) is 9.15. The molecule has 1 N–H and O–H groups in total. The average Bonchev–Trinajstić information content (AvgIpc) is 3.01. The summed E-state index contributed by atoms with van der Waals surface area (Å²) in [5.41, 5.74) is 3.54. The second-order valence-corrected chi connectivity index (χ2v) is 6.61. The standard InChI is InChI=1S/C22H26N2O3/c1-16-14-18-6-4-5-7-19(18)24(16)13-12-23-22(25)11-9-17-8-10-20(26-2)21(15-17)27-3/h4-11,15-16H,12-14H2,1-3H3,(H,23,25). The maximum absolute atomic E-state index is 12.1. The molecule has 0 aromatic heterocycles. The third kappa shape index (κ3) is 4.42. The lowest BCUT2D eigenvalue weighted by Gasteiger charge is -2.24. The van der Waals surface area contributed by atoms with Gasteiger partial charge in [-0.15, -0.1) is 0 Å². The number of benzene rings is 2. The van der Waals surface area contributed by atoms with Crippen LogP contribution in [0.2, 0.25) is 0 Å². The fourth-order valence-electron chi connectivity index (χ4n) is 3.46. The first kappa shape index (κ1) is 18.8. The molecule has 0 aliphatic carbocycles. The van der Waals surface area contributed by atoms with Crippen LogP contribution in [0.1, 0.15) is 18.1 Å². The third-order valence-corrected chi connectivity index (χ3v) is 4.84. The van der Waals surface area contributed by atoms with Crippen molar-refractivity contribution >= 4 is 17.7 Å². The summed E-state index contributed by atoms with van der Waals surface area (Å²) in [5.74, 6) is 1.20. The molecule has 1 atom stereocenters. The lowest BCUT2D eigenvalue weighted by Crippen LogP contribution is -2.37. The molecule has 0 radical (unpaired) electrons. The Balaban J connectivity index is 1.52. The molecule has 1 amide bonds. The van der Waals surface area contributed by atoms with E-state index in [-0.39, 0.29) is 5.91 Å². The highest BCUT2D eigenvalue weighted by Crippen LogP contribution is 2.31. The maximum atomic E-state index is 12.1. The van der Waals surface area contributed by atoms with E-state index in [4.69, 9.17) is 9.47 Å². The molecular weight excluding hydrogens is 340 g/mol. The van der Waals surface area contributed by atoms with Crippen molar-refractivity contribution in [2.45, 2.75) is 19.4 Å².